The lowest BCUT2D eigenvalue weighted by molar-refractivity contribution is 0.592. The Morgan fingerprint density at radius 2 is 1.93 bits per heavy atom. The topological polar surface area (TPSA) is 89.2 Å². The Kier molecular flexibility index (Phi) is 5.26. The summed E-state index contributed by atoms with van der Waals surface area (Å²) in [6, 6.07) is 8.83. The quantitative estimate of drug-likeness (QED) is 0.435. The Bertz CT molecular complexity index is 1260. The van der Waals surface area contributed by atoms with E-state index in [1.54, 1.807) is 23.5 Å². The molecule has 1 aromatic carbocycles. The SMILES string of the molecule is CCCCNc1nc2c(S(=O)(=O)c3ccc(C(C)C)cc3)nnn2c2ccsc12. The molecule has 0 radical (unpaired) electrons. The van der Waals surface area contributed by atoms with Crippen molar-refractivity contribution in [2.45, 2.75) is 49.5 Å². The van der Waals surface area contributed by atoms with Crippen molar-refractivity contribution in [2.24, 2.45) is 0 Å². The molecule has 0 unspecified atom stereocenters. The van der Waals surface area contributed by atoms with Gasteiger partial charge < -0.3 is 5.32 Å². The minimum Gasteiger partial charge on any atom is -0.369 e. The van der Waals surface area contributed by atoms with Crippen LogP contribution in [0.15, 0.2) is 45.6 Å². The van der Waals surface area contributed by atoms with E-state index in [4.69, 9.17) is 0 Å². The molecule has 3 heterocycles. The summed E-state index contributed by atoms with van der Waals surface area (Å²) in [5.41, 5.74) is 2.11. The van der Waals surface area contributed by atoms with E-state index in [1.165, 1.54) is 4.52 Å². The second-order valence-electron chi connectivity index (χ2n) is 7.23. The van der Waals surface area contributed by atoms with Gasteiger partial charge in [0.25, 0.3) is 0 Å². The summed E-state index contributed by atoms with van der Waals surface area (Å²) in [5.74, 6) is 0.997. The lowest BCUT2D eigenvalue weighted by atomic mass is 10.0. The number of thiophene rings is 1. The largest absolute Gasteiger partial charge is 0.369 e. The number of aromatic nitrogens is 4. The van der Waals surface area contributed by atoms with Gasteiger partial charge in [0.1, 0.15) is 5.82 Å². The van der Waals surface area contributed by atoms with Crippen LogP contribution in [0.5, 0.6) is 0 Å². The molecule has 0 fully saturated rings. The number of nitrogens with one attached hydrogen (secondary N) is 1. The normalized spacial score (nSPS) is 12.3. The van der Waals surface area contributed by atoms with Gasteiger partial charge in [0.05, 0.1) is 15.1 Å². The van der Waals surface area contributed by atoms with E-state index in [2.05, 4.69) is 41.4 Å². The number of benzene rings is 1. The maximum atomic E-state index is 13.3. The Labute approximate surface area is 173 Å². The molecule has 4 rings (SSSR count). The fraction of sp³-hybridized carbons (Fsp3) is 0.350. The van der Waals surface area contributed by atoms with Crippen molar-refractivity contribution in [2.75, 3.05) is 11.9 Å². The first-order valence-electron chi connectivity index (χ1n) is 9.65. The molecule has 0 aliphatic carbocycles. The van der Waals surface area contributed by atoms with Gasteiger partial charge in [-0.2, -0.15) is 4.52 Å². The van der Waals surface area contributed by atoms with Crippen molar-refractivity contribution in [1.29, 1.82) is 0 Å². The van der Waals surface area contributed by atoms with Crippen LogP contribution in [-0.4, -0.2) is 34.8 Å². The zero-order valence-corrected chi connectivity index (χ0v) is 18.2. The van der Waals surface area contributed by atoms with Gasteiger partial charge in [-0.3, -0.25) is 0 Å². The predicted octanol–water partition coefficient (Wildman–Crippen LogP) is 4.51. The van der Waals surface area contributed by atoms with Crippen molar-refractivity contribution < 1.29 is 8.42 Å². The molecule has 29 heavy (non-hydrogen) atoms. The number of unbranched alkanes of at least 4 members (excludes halogenated alkanes) is 1. The van der Waals surface area contributed by atoms with Crippen LogP contribution in [0.4, 0.5) is 5.82 Å². The predicted molar refractivity (Wildman–Crippen MR) is 116 cm³/mol. The van der Waals surface area contributed by atoms with Gasteiger partial charge >= 0.3 is 0 Å². The van der Waals surface area contributed by atoms with Crippen molar-refractivity contribution in [3.05, 3.63) is 41.3 Å². The van der Waals surface area contributed by atoms with Gasteiger partial charge in [-0.25, -0.2) is 13.4 Å². The van der Waals surface area contributed by atoms with Gasteiger partial charge in [0.2, 0.25) is 14.9 Å². The zero-order valence-electron chi connectivity index (χ0n) is 16.6. The Hall–Kier alpha value is -2.52. The van der Waals surface area contributed by atoms with Crippen molar-refractivity contribution in [3.8, 4) is 0 Å². The summed E-state index contributed by atoms with van der Waals surface area (Å²) < 4.78 is 29.0. The number of anilines is 1. The summed E-state index contributed by atoms with van der Waals surface area (Å²) in [4.78, 5) is 4.79. The molecule has 0 saturated carbocycles. The highest BCUT2D eigenvalue weighted by atomic mass is 32.2. The number of rotatable bonds is 7. The molecule has 9 heteroatoms. The van der Waals surface area contributed by atoms with Gasteiger partial charge in [-0.1, -0.05) is 44.5 Å². The first-order valence-corrected chi connectivity index (χ1v) is 12.0. The van der Waals surface area contributed by atoms with E-state index >= 15 is 0 Å². The van der Waals surface area contributed by atoms with Crippen LogP contribution in [0.2, 0.25) is 0 Å². The van der Waals surface area contributed by atoms with Crippen LogP contribution in [0.25, 0.3) is 15.9 Å². The second kappa shape index (κ2) is 7.72. The van der Waals surface area contributed by atoms with E-state index in [0.29, 0.717) is 11.7 Å². The molecule has 1 N–H and O–H groups in total. The van der Waals surface area contributed by atoms with Crippen molar-refractivity contribution in [1.82, 2.24) is 19.8 Å². The molecular weight excluding hydrogens is 406 g/mol. The molecule has 0 amide bonds. The third-order valence-electron chi connectivity index (χ3n) is 4.86. The highest BCUT2D eigenvalue weighted by Crippen LogP contribution is 2.31. The van der Waals surface area contributed by atoms with E-state index in [0.717, 1.165) is 35.2 Å². The van der Waals surface area contributed by atoms with Crippen LogP contribution in [0.1, 0.15) is 45.1 Å². The number of hydrogen-bond acceptors (Lipinski definition) is 7. The third kappa shape index (κ3) is 3.49. The van der Waals surface area contributed by atoms with Gasteiger partial charge in [0.15, 0.2) is 5.65 Å². The number of sulfone groups is 1. The molecule has 152 valence electrons. The highest BCUT2D eigenvalue weighted by molar-refractivity contribution is 7.91. The number of nitrogens with zero attached hydrogens (tertiary/aromatic N) is 4. The summed E-state index contributed by atoms with van der Waals surface area (Å²) in [7, 11) is -3.84. The standard InChI is InChI=1S/C20H23N5O2S2/c1-4-5-11-21-18-17-16(10-12-28-17)25-19(22-18)20(23-24-25)29(26,27)15-8-6-14(7-9-15)13(2)3/h6-10,12-13H,4-5,11H2,1-3H3,(H,21,22). The van der Waals surface area contributed by atoms with Gasteiger partial charge in [-0.15, -0.1) is 16.4 Å². The summed E-state index contributed by atoms with van der Waals surface area (Å²) >= 11 is 1.54. The molecule has 7 nitrogen and oxygen atoms in total. The van der Waals surface area contributed by atoms with Crippen molar-refractivity contribution >= 4 is 42.9 Å². The maximum absolute atomic E-state index is 13.3. The Balaban J connectivity index is 1.84. The van der Waals surface area contributed by atoms with E-state index < -0.39 is 9.84 Å². The maximum Gasteiger partial charge on any atom is 0.229 e. The van der Waals surface area contributed by atoms with Gasteiger partial charge in [0, 0.05) is 6.54 Å². The smallest absolute Gasteiger partial charge is 0.229 e. The van der Waals surface area contributed by atoms with Crippen molar-refractivity contribution in [3.63, 3.8) is 0 Å². The van der Waals surface area contributed by atoms with Crippen LogP contribution in [-0.2, 0) is 9.84 Å². The molecule has 0 aliphatic rings. The first-order chi connectivity index (χ1) is 13.9. The van der Waals surface area contributed by atoms with E-state index in [1.807, 2.05) is 23.6 Å². The van der Waals surface area contributed by atoms with Crippen LogP contribution >= 0.6 is 11.3 Å². The fourth-order valence-electron chi connectivity index (χ4n) is 3.14. The first kappa shape index (κ1) is 19.8. The molecule has 0 bridgehead atoms. The van der Waals surface area contributed by atoms with Crippen LogP contribution in [0.3, 0.4) is 0 Å². The summed E-state index contributed by atoms with van der Waals surface area (Å²) in [6.07, 6.45) is 2.06. The molecule has 0 atom stereocenters. The fourth-order valence-corrected chi connectivity index (χ4v) is 5.22. The Morgan fingerprint density at radius 1 is 1.17 bits per heavy atom. The van der Waals surface area contributed by atoms with E-state index in [-0.39, 0.29) is 15.6 Å². The molecule has 0 spiro atoms. The monoisotopic (exact) mass is 429 g/mol. The average molecular weight is 430 g/mol. The molecule has 3 aromatic heterocycles. The lowest BCUT2D eigenvalue weighted by Crippen LogP contribution is -2.07. The summed E-state index contributed by atoms with van der Waals surface area (Å²) in [5, 5.41) is 13.3. The van der Waals surface area contributed by atoms with E-state index in [9.17, 15) is 8.42 Å². The lowest BCUT2D eigenvalue weighted by Gasteiger charge is -2.08. The molecule has 0 saturated heterocycles. The number of fused-ring (bicyclic) bond motifs is 3. The Morgan fingerprint density at radius 3 is 2.62 bits per heavy atom. The number of hydrogen-bond donors (Lipinski definition) is 1. The average Bonchev–Trinajstić information content (AvgIpc) is 3.35. The highest BCUT2D eigenvalue weighted by Gasteiger charge is 2.27. The second-order valence-corrected chi connectivity index (χ2v) is 10.0. The molecule has 4 aromatic rings. The third-order valence-corrected chi connectivity index (χ3v) is 7.43. The minimum absolute atomic E-state index is 0.124. The zero-order chi connectivity index (χ0) is 20.6. The van der Waals surface area contributed by atoms with Crippen LogP contribution < -0.4 is 5.32 Å². The van der Waals surface area contributed by atoms with Gasteiger partial charge in [-0.05, 0) is 41.5 Å². The molecule has 0 aliphatic heterocycles. The van der Waals surface area contributed by atoms with Crippen LogP contribution in [0, 0.1) is 0 Å². The minimum atomic E-state index is -3.84. The molecular formula is C20H23N5O2S2. The summed E-state index contributed by atoms with van der Waals surface area (Å²) in [6.45, 7) is 7.03.